The Kier molecular flexibility index (Phi) is 8.06. The predicted octanol–water partition coefficient (Wildman–Crippen LogP) is 3.36. The molecule has 3 amide bonds. The Labute approximate surface area is 235 Å². The second-order valence-electron chi connectivity index (χ2n) is 11.7. The molecule has 2 aromatic rings. The number of rotatable bonds is 10. The van der Waals surface area contributed by atoms with Crippen LogP contribution in [0.25, 0.3) is 0 Å². The Morgan fingerprint density at radius 2 is 1.56 bits per heavy atom. The maximum absolute atomic E-state index is 14.3. The van der Waals surface area contributed by atoms with E-state index in [1.165, 1.54) is 0 Å². The van der Waals surface area contributed by atoms with E-state index in [1.807, 2.05) is 60.7 Å². The van der Waals surface area contributed by atoms with Gasteiger partial charge in [0.25, 0.3) is 0 Å². The van der Waals surface area contributed by atoms with Gasteiger partial charge in [0, 0.05) is 18.3 Å². The number of hydrogen-bond donors (Lipinski definition) is 3. The minimum atomic E-state index is -0.744. The van der Waals surface area contributed by atoms with Gasteiger partial charge in [-0.1, -0.05) is 81.4 Å². The quantitative estimate of drug-likeness (QED) is 0.422. The molecule has 208 valence electrons. The Hall–Kier alpha value is -2.84. The summed E-state index contributed by atoms with van der Waals surface area (Å²) in [6.45, 7) is 6.75. The average molecular weight is 550 g/mol. The van der Waals surface area contributed by atoms with Crippen molar-refractivity contribution in [2.75, 3.05) is 6.61 Å². The number of nitrogens with one attached hydrogen (secondary N) is 2. The van der Waals surface area contributed by atoms with Gasteiger partial charge in [0.1, 0.15) is 6.04 Å². The van der Waals surface area contributed by atoms with Crippen LogP contribution < -0.4 is 10.6 Å². The highest BCUT2D eigenvalue weighted by atomic mass is 32.2. The summed E-state index contributed by atoms with van der Waals surface area (Å²) in [4.78, 5) is 43.7. The van der Waals surface area contributed by atoms with Gasteiger partial charge in [0.15, 0.2) is 0 Å². The van der Waals surface area contributed by atoms with Crippen LogP contribution in [0.15, 0.2) is 60.7 Å². The molecule has 0 saturated carbocycles. The highest BCUT2D eigenvalue weighted by molar-refractivity contribution is 8.02. The van der Waals surface area contributed by atoms with E-state index in [0.29, 0.717) is 19.5 Å². The fourth-order valence-electron chi connectivity index (χ4n) is 7.06. The van der Waals surface area contributed by atoms with E-state index in [1.54, 1.807) is 16.7 Å². The summed E-state index contributed by atoms with van der Waals surface area (Å²) in [5, 5.41) is 16.6. The average Bonchev–Trinajstić information content (AvgIpc) is 3.53. The highest BCUT2D eigenvalue weighted by Crippen LogP contribution is 2.68. The van der Waals surface area contributed by atoms with Crippen LogP contribution in [0.2, 0.25) is 0 Å². The summed E-state index contributed by atoms with van der Waals surface area (Å²) < 4.78 is -0.707. The van der Waals surface area contributed by atoms with Crippen LogP contribution in [0.1, 0.15) is 44.7 Å². The van der Waals surface area contributed by atoms with Gasteiger partial charge in [0.2, 0.25) is 17.7 Å². The molecule has 3 N–H and O–H groups in total. The number of amides is 3. The van der Waals surface area contributed by atoms with Gasteiger partial charge in [-0.15, -0.1) is 11.8 Å². The summed E-state index contributed by atoms with van der Waals surface area (Å²) in [7, 11) is 0. The number of nitrogens with zero attached hydrogens (tertiary/aromatic N) is 1. The predicted molar refractivity (Wildman–Crippen MR) is 152 cm³/mol. The van der Waals surface area contributed by atoms with Crippen LogP contribution in [0, 0.1) is 23.7 Å². The van der Waals surface area contributed by atoms with Crippen molar-refractivity contribution in [2.24, 2.45) is 23.7 Å². The van der Waals surface area contributed by atoms with Crippen molar-refractivity contribution in [2.45, 2.75) is 68.8 Å². The minimum absolute atomic E-state index is 0.0195. The molecule has 5 rings (SSSR count). The molecule has 1 spiro atoms. The van der Waals surface area contributed by atoms with E-state index in [0.717, 1.165) is 17.5 Å². The lowest BCUT2D eigenvalue weighted by molar-refractivity contribution is -0.143. The third-order valence-corrected chi connectivity index (χ3v) is 10.8. The molecule has 2 bridgehead atoms. The van der Waals surface area contributed by atoms with E-state index in [9.17, 15) is 19.5 Å². The third kappa shape index (κ3) is 4.97. The van der Waals surface area contributed by atoms with Crippen LogP contribution in [0.5, 0.6) is 0 Å². The number of benzene rings is 2. The summed E-state index contributed by atoms with van der Waals surface area (Å²) in [6.07, 6.45) is 1.36. The molecule has 39 heavy (non-hydrogen) atoms. The van der Waals surface area contributed by atoms with E-state index in [-0.39, 0.29) is 41.4 Å². The molecule has 0 radical (unpaired) electrons. The van der Waals surface area contributed by atoms with Crippen LogP contribution in [0.3, 0.4) is 0 Å². The topological polar surface area (TPSA) is 98.7 Å². The molecule has 3 saturated heterocycles. The molecule has 0 aliphatic carbocycles. The van der Waals surface area contributed by atoms with Gasteiger partial charge in [-0.2, -0.15) is 0 Å². The Morgan fingerprint density at radius 1 is 1.00 bits per heavy atom. The van der Waals surface area contributed by atoms with Gasteiger partial charge >= 0.3 is 0 Å². The largest absolute Gasteiger partial charge is 0.394 e. The summed E-state index contributed by atoms with van der Waals surface area (Å²) in [6, 6.07) is 18.2. The standard InChI is InChI=1S/C31H39N3O4S/c1-19(2)14-23(18-35)34-27(29(37)33-17-22-12-8-5-9-13-22)31-20(3)15-24(39-31)25(26(31)30(34)38)28(36)32-16-21-10-6-4-7-11-21/h4-13,19-20,23-27,35H,14-18H2,1-3H3,(H,32,36)(H,33,37)/t20?,23-,24-,25+,26+,27?,31?/m1/s1. The van der Waals surface area contributed by atoms with Crippen molar-refractivity contribution >= 4 is 29.5 Å². The van der Waals surface area contributed by atoms with Gasteiger partial charge in [-0.05, 0) is 35.8 Å². The highest BCUT2D eigenvalue weighted by Gasteiger charge is 2.76. The number of carbonyl (C=O) groups is 3. The Morgan fingerprint density at radius 3 is 2.10 bits per heavy atom. The first-order valence-electron chi connectivity index (χ1n) is 14.0. The van der Waals surface area contributed by atoms with E-state index in [4.69, 9.17) is 0 Å². The van der Waals surface area contributed by atoms with Crippen molar-refractivity contribution in [1.29, 1.82) is 0 Å². The smallest absolute Gasteiger partial charge is 0.244 e. The number of likely N-dealkylation sites (tertiary alicyclic amines) is 1. The van der Waals surface area contributed by atoms with Gasteiger partial charge in [-0.3, -0.25) is 14.4 Å². The molecule has 8 heteroatoms. The summed E-state index contributed by atoms with van der Waals surface area (Å²) in [5.41, 5.74) is 1.98. The zero-order valence-electron chi connectivity index (χ0n) is 22.9. The molecule has 3 heterocycles. The fourth-order valence-corrected chi connectivity index (χ4v) is 9.47. The van der Waals surface area contributed by atoms with E-state index < -0.39 is 28.7 Å². The molecule has 2 aromatic carbocycles. The number of aliphatic hydroxyl groups excluding tert-OH is 1. The first kappa shape index (κ1) is 27.7. The third-order valence-electron chi connectivity index (χ3n) is 8.70. The molecule has 3 aliphatic heterocycles. The van der Waals surface area contributed by atoms with Gasteiger partial charge < -0.3 is 20.6 Å². The van der Waals surface area contributed by atoms with Gasteiger partial charge in [0.05, 0.1) is 29.2 Å². The zero-order chi connectivity index (χ0) is 27.7. The Bertz CT molecular complexity index is 1190. The maximum Gasteiger partial charge on any atom is 0.244 e. The van der Waals surface area contributed by atoms with E-state index in [2.05, 4.69) is 31.4 Å². The first-order chi connectivity index (χ1) is 18.8. The van der Waals surface area contributed by atoms with Crippen molar-refractivity contribution in [3.8, 4) is 0 Å². The lowest BCUT2D eigenvalue weighted by atomic mass is 9.66. The van der Waals surface area contributed by atoms with Crippen molar-refractivity contribution in [1.82, 2.24) is 15.5 Å². The van der Waals surface area contributed by atoms with Crippen LogP contribution in [-0.4, -0.2) is 56.4 Å². The Balaban J connectivity index is 1.46. The molecule has 7 atom stereocenters. The van der Waals surface area contributed by atoms with Crippen LogP contribution in [-0.2, 0) is 27.5 Å². The van der Waals surface area contributed by atoms with Gasteiger partial charge in [-0.25, -0.2) is 0 Å². The van der Waals surface area contributed by atoms with Crippen molar-refractivity contribution in [3.63, 3.8) is 0 Å². The lowest BCUT2D eigenvalue weighted by Gasteiger charge is -2.40. The molecular formula is C31H39N3O4S. The number of aliphatic hydroxyl groups is 1. The normalized spacial score (nSPS) is 29.9. The summed E-state index contributed by atoms with van der Waals surface area (Å²) in [5.74, 6) is -1.30. The molecule has 7 nitrogen and oxygen atoms in total. The minimum Gasteiger partial charge on any atom is -0.394 e. The lowest BCUT2D eigenvalue weighted by Crippen LogP contribution is -2.58. The molecule has 3 unspecified atom stereocenters. The number of fused-ring (bicyclic) bond motifs is 1. The van der Waals surface area contributed by atoms with Crippen molar-refractivity contribution in [3.05, 3.63) is 71.8 Å². The number of carbonyl (C=O) groups excluding carboxylic acids is 3. The molecule has 3 fully saturated rings. The van der Waals surface area contributed by atoms with Crippen LogP contribution >= 0.6 is 11.8 Å². The SMILES string of the molecule is CC(C)C[C@H](CO)N1C(=O)[C@@H]2[C@@H](C(=O)NCc3ccccc3)[C@H]3CC(C)C2(S3)C1C(=O)NCc1ccccc1. The molecular weight excluding hydrogens is 510 g/mol. The molecule has 3 aliphatic rings. The molecule has 0 aromatic heterocycles. The van der Waals surface area contributed by atoms with Crippen molar-refractivity contribution < 1.29 is 19.5 Å². The summed E-state index contributed by atoms with van der Waals surface area (Å²) >= 11 is 1.66. The maximum atomic E-state index is 14.3. The number of thioether (sulfide) groups is 1. The van der Waals surface area contributed by atoms with Crippen LogP contribution in [0.4, 0.5) is 0 Å². The second-order valence-corrected chi connectivity index (χ2v) is 13.2. The fraction of sp³-hybridized carbons (Fsp3) is 0.516. The zero-order valence-corrected chi connectivity index (χ0v) is 23.7. The second kappa shape index (κ2) is 11.3. The number of hydrogen-bond acceptors (Lipinski definition) is 5. The monoisotopic (exact) mass is 549 g/mol. The first-order valence-corrected chi connectivity index (χ1v) is 14.9. The van der Waals surface area contributed by atoms with E-state index >= 15 is 0 Å².